The SMILES string of the molecule is CCNC(=O)c1cccc(NC(=S)NC(=O)c2ccc(F)cc2)c1. The van der Waals surface area contributed by atoms with Crippen LogP contribution in [0.4, 0.5) is 10.1 Å². The molecule has 2 aromatic carbocycles. The van der Waals surface area contributed by atoms with Gasteiger partial charge in [-0.3, -0.25) is 14.9 Å². The van der Waals surface area contributed by atoms with Gasteiger partial charge in [0.2, 0.25) is 0 Å². The highest BCUT2D eigenvalue weighted by molar-refractivity contribution is 7.80. The molecule has 0 saturated carbocycles. The van der Waals surface area contributed by atoms with Crippen LogP contribution in [0.3, 0.4) is 0 Å². The zero-order valence-electron chi connectivity index (χ0n) is 12.9. The summed E-state index contributed by atoms with van der Waals surface area (Å²) >= 11 is 5.08. The van der Waals surface area contributed by atoms with Crippen LogP contribution in [-0.2, 0) is 0 Å². The number of halogens is 1. The van der Waals surface area contributed by atoms with Crippen molar-refractivity contribution in [2.45, 2.75) is 6.92 Å². The third-order valence-corrected chi connectivity index (χ3v) is 3.26. The Labute approximate surface area is 144 Å². The van der Waals surface area contributed by atoms with E-state index in [9.17, 15) is 14.0 Å². The van der Waals surface area contributed by atoms with Gasteiger partial charge in [0, 0.05) is 23.4 Å². The van der Waals surface area contributed by atoms with Gasteiger partial charge in [-0.25, -0.2) is 4.39 Å². The van der Waals surface area contributed by atoms with Crippen molar-refractivity contribution in [2.24, 2.45) is 0 Å². The first-order valence-corrected chi connectivity index (χ1v) is 7.66. The van der Waals surface area contributed by atoms with Gasteiger partial charge in [0.1, 0.15) is 5.82 Å². The molecule has 2 amide bonds. The summed E-state index contributed by atoms with van der Waals surface area (Å²) in [6, 6.07) is 11.8. The van der Waals surface area contributed by atoms with Gasteiger partial charge >= 0.3 is 0 Å². The van der Waals surface area contributed by atoms with Gasteiger partial charge < -0.3 is 10.6 Å². The Bertz CT molecular complexity index is 763. The van der Waals surface area contributed by atoms with Crippen LogP contribution in [0.2, 0.25) is 0 Å². The zero-order valence-corrected chi connectivity index (χ0v) is 13.7. The molecule has 0 aliphatic carbocycles. The number of thiocarbonyl (C=S) groups is 1. The highest BCUT2D eigenvalue weighted by Gasteiger charge is 2.09. The largest absolute Gasteiger partial charge is 0.352 e. The van der Waals surface area contributed by atoms with Gasteiger partial charge in [0.05, 0.1) is 0 Å². The molecule has 0 heterocycles. The second-order valence-corrected chi connectivity index (χ2v) is 5.26. The molecule has 3 N–H and O–H groups in total. The minimum absolute atomic E-state index is 0.0809. The van der Waals surface area contributed by atoms with Crippen molar-refractivity contribution in [1.29, 1.82) is 0 Å². The standard InChI is InChI=1S/C17H16FN3O2S/c1-2-19-15(22)12-4-3-5-14(10-12)20-17(24)21-16(23)11-6-8-13(18)9-7-11/h3-10H,2H2,1H3,(H,19,22)(H2,20,21,23,24). The molecule has 0 aliphatic rings. The molecule has 7 heteroatoms. The fourth-order valence-corrected chi connectivity index (χ4v) is 2.15. The second kappa shape index (κ2) is 8.16. The molecule has 5 nitrogen and oxygen atoms in total. The highest BCUT2D eigenvalue weighted by atomic mass is 32.1. The molecule has 0 fully saturated rings. The van der Waals surface area contributed by atoms with Gasteiger partial charge in [-0.2, -0.15) is 0 Å². The van der Waals surface area contributed by atoms with Gasteiger partial charge in [-0.15, -0.1) is 0 Å². The molecular weight excluding hydrogens is 329 g/mol. The van der Waals surface area contributed by atoms with E-state index in [1.165, 1.54) is 24.3 Å². The van der Waals surface area contributed by atoms with Crippen molar-refractivity contribution in [2.75, 3.05) is 11.9 Å². The maximum absolute atomic E-state index is 12.9. The van der Waals surface area contributed by atoms with E-state index in [-0.39, 0.29) is 16.6 Å². The van der Waals surface area contributed by atoms with Gasteiger partial charge in [-0.1, -0.05) is 6.07 Å². The summed E-state index contributed by atoms with van der Waals surface area (Å²) in [5.41, 5.74) is 1.34. The summed E-state index contributed by atoms with van der Waals surface area (Å²) < 4.78 is 12.9. The monoisotopic (exact) mass is 345 g/mol. The first-order valence-electron chi connectivity index (χ1n) is 7.25. The van der Waals surface area contributed by atoms with E-state index < -0.39 is 11.7 Å². The van der Waals surface area contributed by atoms with E-state index >= 15 is 0 Å². The van der Waals surface area contributed by atoms with Crippen LogP contribution in [-0.4, -0.2) is 23.5 Å². The second-order valence-electron chi connectivity index (χ2n) is 4.86. The third kappa shape index (κ3) is 4.85. The molecule has 0 atom stereocenters. The number of hydrogen-bond donors (Lipinski definition) is 3. The Hall–Kier alpha value is -2.80. The Balaban J connectivity index is 1.99. The number of carbonyl (C=O) groups is 2. The lowest BCUT2D eigenvalue weighted by molar-refractivity contribution is 0.0953. The number of carbonyl (C=O) groups excluding carboxylic acids is 2. The van der Waals surface area contributed by atoms with E-state index in [4.69, 9.17) is 12.2 Å². The number of amides is 2. The summed E-state index contributed by atoms with van der Waals surface area (Å²) in [7, 11) is 0. The van der Waals surface area contributed by atoms with Crippen LogP contribution in [0.15, 0.2) is 48.5 Å². The van der Waals surface area contributed by atoms with Crippen molar-refractivity contribution < 1.29 is 14.0 Å². The lowest BCUT2D eigenvalue weighted by atomic mass is 10.2. The highest BCUT2D eigenvalue weighted by Crippen LogP contribution is 2.11. The van der Waals surface area contributed by atoms with Crippen molar-refractivity contribution in [1.82, 2.24) is 10.6 Å². The average Bonchev–Trinajstić information content (AvgIpc) is 2.55. The molecule has 0 aliphatic heterocycles. The summed E-state index contributed by atoms with van der Waals surface area (Å²) in [5.74, 6) is -1.07. The van der Waals surface area contributed by atoms with Gasteiger partial charge in [-0.05, 0) is 61.6 Å². The maximum atomic E-state index is 12.9. The lowest BCUT2D eigenvalue weighted by Gasteiger charge is -2.11. The van der Waals surface area contributed by atoms with Crippen LogP contribution in [0.5, 0.6) is 0 Å². The van der Waals surface area contributed by atoms with E-state index in [1.54, 1.807) is 24.3 Å². The number of hydrogen-bond acceptors (Lipinski definition) is 3. The summed E-state index contributed by atoms with van der Waals surface area (Å²) in [6.45, 7) is 2.36. The van der Waals surface area contributed by atoms with Crippen LogP contribution in [0.1, 0.15) is 27.6 Å². The quantitative estimate of drug-likeness (QED) is 0.745. The van der Waals surface area contributed by atoms with Crippen molar-refractivity contribution in [3.63, 3.8) is 0 Å². The fourth-order valence-electron chi connectivity index (χ4n) is 1.94. The molecule has 0 bridgehead atoms. The van der Waals surface area contributed by atoms with E-state index in [1.807, 2.05) is 6.92 Å². The number of nitrogens with one attached hydrogen (secondary N) is 3. The topological polar surface area (TPSA) is 70.2 Å². The summed E-state index contributed by atoms with van der Waals surface area (Å²) in [4.78, 5) is 23.8. The average molecular weight is 345 g/mol. The maximum Gasteiger partial charge on any atom is 0.257 e. The Kier molecular flexibility index (Phi) is 5.97. The molecule has 2 rings (SSSR count). The molecule has 0 aromatic heterocycles. The minimum atomic E-state index is -0.451. The van der Waals surface area contributed by atoms with Crippen LogP contribution >= 0.6 is 12.2 Å². The third-order valence-electron chi connectivity index (χ3n) is 3.05. The minimum Gasteiger partial charge on any atom is -0.352 e. The summed E-state index contributed by atoms with van der Waals surface area (Å²) in [5, 5.41) is 8.11. The molecule has 2 aromatic rings. The van der Waals surface area contributed by atoms with Gasteiger partial charge in [0.25, 0.3) is 11.8 Å². The molecule has 0 spiro atoms. The number of benzene rings is 2. The smallest absolute Gasteiger partial charge is 0.257 e. The fraction of sp³-hybridized carbons (Fsp3) is 0.118. The van der Waals surface area contributed by atoms with Gasteiger partial charge in [0.15, 0.2) is 5.11 Å². The number of rotatable bonds is 4. The van der Waals surface area contributed by atoms with Crippen molar-refractivity contribution in [3.05, 3.63) is 65.5 Å². The first kappa shape index (κ1) is 17.6. The molecule has 24 heavy (non-hydrogen) atoms. The first-order chi connectivity index (χ1) is 11.5. The Morgan fingerprint density at radius 3 is 2.42 bits per heavy atom. The molecular formula is C17H16FN3O2S. The predicted molar refractivity (Wildman–Crippen MR) is 94.5 cm³/mol. The number of anilines is 1. The summed E-state index contributed by atoms with van der Waals surface area (Å²) in [6.07, 6.45) is 0. The molecule has 0 saturated heterocycles. The van der Waals surface area contributed by atoms with E-state index in [0.717, 1.165) is 0 Å². The zero-order chi connectivity index (χ0) is 17.5. The van der Waals surface area contributed by atoms with Crippen LogP contribution in [0, 0.1) is 5.82 Å². The van der Waals surface area contributed by atoms with Crippen LogP contribution in [0.25, 0.3) is 0 Å². The van der Waals surface area contributed by atoms with Crippen LogP contribution < -0.4 is 16.0 Å². The molecule has 0 unspecified atom stereocenters. The normalized spacial score (nSPS) is 9.92. The van der Waals surface area contributed by atoms with Crippen molar-refractivity contribution in [3.8, 4) is 0 Å². The van der Waals surface area contributed by atoms with E-state index in [2.05, 4.69) is 16.0 Å². The van der Waals surface area contributed by atoms with E-state index in [0.29, 0.717) is 17.8 Å². The van der Waals surface area contributed by atoms with Crippen molar-refractivity contribution >= 4 is 34.8 Å². The molecule has 0 radical (unpaired) electrons. The Morgan fingerprint density at radius 1 is 1.04 bits per heavy atom. The molecule has 124 valence electrons. The lowest BCUT2D eigenvalue weighted by Crippen LogP contribution is -2.34. The predicted octanol–water partition coefficient (Wildman–Crippen LogP) is 2.70. The Morgan fingerprint density at radius 2 is 1.75 bits per heavy atom.